The molecular formula is C14H20BrNO2. The van der Waals surface area contributed by atoms with Gasteiger partial charge in [0, 0.05) is 19.7 Å². The smallest absolute Gasteiger partial charge is 0.133 e. The highest BCUT2D eigenvalue weighted by molar-refractivity contribution is 9.10. The van der Waals surface area contributed by atoms with E-state index in [1.807, 2.05) is 13.0 Å². The molecule has 1 aliphatic heterocycles. The Morgan fingerprint density at radius 3 is 3.06 bits per heavy atom. The minimum absolute atomic E-state index is 0.399. The Hall–Kier alpha value is -0.580. The Balaban J connectivity index is 1.80. The first kappa shape index (κ1) is 13.8. The highest BCUT2D eigenvalue weighted by atomic mass is 79.9. The van der Waals surface area contributed by atoms with E-state index in [1.54, 1.807) is 0 Å². The Bertz CT molecular complexity index is 378. The summed E-state index contributed by atoms with van der Waals surface area (Å²) in [5, 5.41) is 3.44. The third-order valence-corrected chi connectivity index (χ3v) is 3.64. The maximum absolute atomic E-state index is 5.57. The number of ether oxygens (including phenoxy) is 2. The quantitative estimate of drug-likeness (QED) is 0.875. The van der Waals surface area contributed by atoms with Crippen molar-refractivity contribution in [2.24, 2.45) is 0 Å². The predicted octanol–water partition coefficient (Wildman–Crippen LogP) is 3.12. The van der Waals surface area contributed by atoms with Gasteiger partial charge in [-0.05, 0) is 53.4 Å². The van der Waals surface area contributed by atoms with E-state index in [0.29, 0.717) is 12.7 Å². The first-order valence-electron chi connectivity index (χ1n) is 6.53. The maximum Gasteiger partial charge on any atom is 0.133 e. The Morgan fingerprint density at radius 2 is 2.39 bits per heavy atom. The summed E-state index contributed by atoms with van der Waals surface area (Å²) in [6, 6.07) is 6.21. The van der Waals surface area contributed by atoms with Crippen molar-refractivity contribution in [2.45, 2.75) is 32.4 Å². The van der Waals surface area contributed by atoms with E-state index in [4.69, 9.17) is 9.47 Å². The minimum Gasteiger partial charge on any atom is -0.493 e. The molecule has 1 aromatic rings. The van der Waals surface area contributed by atoms with Crippen molar-refractivity contribution in [3.63, 3.8) is 0 Å². The van der Waals surface area contributed by atoms with Crippen LogP contribution < -0.4 is 10.1 Å². The van der Waals surface area contributed by atoms with E-state index in [0.717, 1.165) is 29.9 Å². The fraction of sp³-hybridized carbons (Fsp3) is 0.571. The van der Waals surface area contributed by atoms with Crippen LogP contribution in [0.15, 0.2) is 22.7 Å². The van der Waals surface area contributed by atoms with E-state index >= 15 is 0 Å². The van der Waals surface area contributed by atoms with Crippen molar-refractivity contribution >= 4 is 15.9 Å². The molecule has 0 spiro atoms. The summed E-state index contributed by atoms with van der Waals surface area (Å²) in [6.45, 7) is 5.40. The number of hydrogen-bond donors (Lipinski definition) is 1. The van der Waals surface area contributed by atoms with E-state index in [1.165, 1.54) is 18.4 Å². The summed E-state index contributed by atoms with van der Waals surface area (Å²) in [6.07, 6.45) is 2.78. The summed E-state index contributed by atoms with van der Waals surface area (Å²) in [5.74, 6) is 0.903. The second-order valence-corrected chi connectivity index (χ2v) is 5.32. The van der Waals surface area contributed by atoms with Crippen molar-refractivity contribution in [2.75, 3.05) is 19.8 Å². The van der Waals surface area contributed by atoms with Gasteiger partial charge < -0.3 is 14.8 Å². The van der Waals surface area contributed by atoms with Gasteiger partial charge in [0.2, 0.25) is 0 Å². The highest BCUT2D eigenvalue weighted by Crippen LogP contribution is 2.25. The van der Waals surface area contributed by atoms with Crippen LogP contribution in [0.3, 0.4) is 0 Å². The van der Waals surface area contributed by atoms with Crippen LogP contribution in [-0.4, -0.2) is 25.9 Å². The lowest BCUT2D eigenvalue weighted by Gasteiger charge is -2.12. The predicted molar refractivity (Wildman–Crippen MR) is 76.0 cm³/mol. The molecule has 0 radical (unpaired) electrons. The minimum atomic E-state index is 0.399. The number of hydrogen-bond acceptors (Lipinski definition) is 3. The molecule has 3 nitrogen and oxygen atoms in total. The van der Waals surface area contributed by atoms with Crippen LogP contribution in [0.1, 0.15) is 25.3 Å². The SMILES string of the molecule is CCOc1ccc(CNCC2CCCO2)cc1Br. The summed E-state index contributed by atoms with van der Waals surface area (Å²) in [5.41, 5.74) is 1.25. The van der Waals surface area contributed by atoms with Gasteiger partial charge in [-0.25, -0.2) is 0 Å². The van der Waals surface area contributed by atoms with Crippen LogP contribution in [0.2, 0.25) is 0 Å². The van der Waals surface area contributed by atoms with E-state index in [9.17, 15) is 0 Å². The number of rotatable bonds is 6. The standard InChI is InChI=1S/C14H20BrNO2/c1-2-17-14-6-5-11(8-13(14)15)9-16-10-12-4-3-7-18-12/h5-6,8,12,16H,2-4,7,9-10H2,1H3. The summed E-state index contributed by atoms with van der Waals surface area (Å²) >= 11 is 3.53. The molecule has 0 bridgehead atoms. The molecule has 1 aromatic carbocycles. The number of halogens is 1. The van der Waals surface area contributed by atoms with E-state index < -0.39 is 0 Å². The lowest BCUT2D eigenvalue weighted by Crippen LogP contribution is -2.25. The third-order valence-electron chi connectivity index (χ3n) is 3.02. The van der Waals surface area contributed by atoms with Crippen LogP contribution in [0.4, 0.5) is 0 Å². The second kappa shape index (κ2) is 7.12. The van der Waals surface area contributed by atoms with E-state index in [2.05, 4.69) is 33.4 Å². The van der Waals surface area contributed by atoms with Gasteiger partial charge in [-0.15, -0.1) is 0 Å². The molecule has 0 saturated carbocycles. The monoisotopic (exact) mass is 313 g/mol. The van der Waals surface area contributed by atoms with E-state index in [-0.39, 0.29) is 0 Å². The molecule has 0 amide bonds. The summed E-state index contributed by atoms with van der Waals surface area (Å²) in [7, 11) is 0. The van der Waals surface area contributed by atoms with Crippen LogP contribution in [-0.2, 0) is 11.3 Å². The van der Waals surface area contributed by atoms with Gasteiger partial charge in [0.1, 0.15) is 5.75 Å². The molecule has 1 fully saturated rings. The normalized spacial score (nSPS) is 19.1. The van der Waals surface area contributed by atoms with Gasteiger partial charge in [0.25, 0.3) is 0 Å². The van der Waals surface area contributed by atoms with Gasteiger partial charge in [-0.1, -0.05) is 6.07 Å². The average molecular weight is 314 g/mol. The zero-order valence-electron chi connectivity index (χ0n) is 10.7. The zero-order chi connectivity index (χ0) is 12.8. The molecule has 100 valence electrons. The lowest BCUT2D eigenvalue weighted by atomic mass is 10.2. The molecular weight excluding hydrogens is 294 g/mol. The molecule has 0 aliphatic carbocycles. The maximum atomic E-state index is 5.57. The third kappa shape index (κ3) is 3.97. The van der Waals surface area contributed by atoms with Crippen molar-refractivity contribution in [3.05, 3.63) is 28.2 Å². The van der Waals surface area contributed by atoms with Crippen molar-refractivity contribution < 1.29 is 9.47 Å². The van der Waals surface area contributed by atoms with Gasteiger partial charge in [0.05, 0.1) is 17.2 Å². The molecule has 1 heterocycles. The Morgan fingerprint density at radius 1 is 1.50 bits per heavy atom. The highest BCUT2D eigenvalue weighted by Gasteiger charge is 2.14. The first-order chi connectivity index (χ1) is 8.79. The average Bonchev–Trinajstić information content (AvgIpc) is 2.86. The fourth-order valence-corrected chi connectivity index (χ4v) is 2.65. The molecule has 1 atom stereocenters. The molecule has 0 aromatic heterocycles. The van der Waals surface area contributed by atoms with Crippen molar-refractivity contribution in [3.8, 4) is 5.75 Å². The molecule has 1 unspecified atom stereocenters. The molecule has 18 heavy (non-hydrogen) atoms. The first-order valence-corrected chi connectivity index (χ1v) is 7.32. The van der Waals surface area contributed by atoms with Gasteiger partial charge >= 0.3 is 0 Å². The zero-order valence-corrected chi connectivity index (χ0v) is 12.3. The largest absolute Gasteiger partial charge is 0.493 e. The fourth-order valence-electron chi connectivity index (χ4n) is 2.11. The Labute approximate surface area is 117 Å². The Kier molecular flexibility index (Phi) is 5.47. The second-order valence-electron chi connectivity index (χ2n) is 4.46. The molecule has 2 rings (SSSR count). The summed E-state index contributed by atoms with van der Waals surface area (Å²) < 4.78 is 12.1. The topological polar surface area (TPSA) is 30.5 Å². The molecule has 1 saturated heterocycles. The van der Waals surface area contributed by atoms with Crippen molar-refractivity contribution in [1.82, 2.24) is 5.32 Å². The molecule has 1 aliphatic rings. The number of nitrogens with one attached hydrogen (secondary N) is 1. The van der Waals surface area contributed by atoms with Gasteiger partial charge in [-0.3, -0.25) is 0 Å². The van der Waals surface area contributed by atoms with Crippen LogP contribution in [0.5, 0.6) is 5.75 Å². The summed E-state index contributed by atoms with van der Waals surface area (Å²) in [4.78, 5) is 0. The lowest BCUT2D eigenvalue weighted by molar-refractivity contribution is 0.110. The molecule has 4 heteroatoms. The van der Waals surface area contributed by atoms with Gasteiger partial charge in [0.15, 0.2) is 0 Å². The van der Waals surface area contributed by atoms with Crippen LogP contribution in [0.25, 0.3) is 0 Å². The van der Waals surface area contributed by atoms with Crippen LogP contribution in [0, 0.1) is 0 Å². The van der Waals surface area contributed by atoms with Gasteiger partial charge in [-0.2, -0.15) is 0 Å². The van der Waals surface area contributed by atoms with Crippen LogP contribution >= 0.6 is 15.9 Å². The molecule has 1 N–H and O–H groups in total. The number of benzene rings is 1. The van der Waals surface area contributed by atoms with Crippen molar-refractivity contribution in [1.29, 1.82) is 0 Å².